The molecule has 1 saturated carbocycles. The van der Waals surface area contributed by atoms with Crippen LogP contribution in [0.15, 0.2) is 42.6 Å². The Morgan fingerprint density at radius 1 is 1.15 bits per heavy atom. The third-order valence-corrected chi connectivity index (χ3v) is 10.1. The minimum absolute atomic E-state index is 0.00129. The fourth-order valence-electron chi connectivity index (χ4n) is 7.63. The molecule has 2 aromatic rings. The molecule has 0 bridgehead atoms. The molecule has 4 aliphatic rings. The number of alkyl halides is 3. The van der Waals surface area contributed by atoms with E-state index in [0.717, 1.165) is 24.2 Å². The lowest BCUT2D eigenvalue weighted by Crippen LogP contribution is -2.52. The van der Waals surface area contributed by atoms with Crippen LogP contribution in [0, 0.1) is 11.3 Å². The minimum atomic E-state index is -4.53. The number of methoxy groups -OCH3 is 2. The second kappa shape index (κ2) is 13.4. The predicted octanol–water partition coefficient (Wildman–Crippen LogP) is 3.49. The minimum Gasteiger partial charge on any atom is -0.465 e. The Morgan fingerprint density at radius 2 is 1.94 bits per heavy atom. The number of benzene rings is 1. The highest BCUT2D eigenvalue weighted by atomic mass is 19.4. The summed E-state index contributed by atoms with van der Waals surface area (Å²) < 4.78 is 56.4. The van der Waals surface area contributed by atoms with Crippen molar-refractivity contribution in [2.75, 3.05) is 47.1 Å². The zero-order valence-electron chi connectivity index (χ0n) is 26.4. The Kier molecular flexibility index (Phi) is 9.41. The van der Waals surface area contributed by atoms with Gasteiger partial charge in [0.1, 0.15) is 0 Å². The first kappa shape index (κ1) is 33.1. The molecular formula is C34H39F3N4O6. The Hall–Kier alpha value is -3.81. The second-order valence-electron chi connectivity index (χ2n) is 12.9. The van der Waals surface area contributed by atoms with Crippen LogP contribution >= 0.6 is 0 Å². The number of halogens is 3. The lowest BCUT2D eigenvalue weighted by Gasteiger charge is -2.37. The number of hydrogen-bond donors (Lipinski definition) is 1. The quantitative estimate of drug-likeness (QED) is 0.357. The smallest absolute Gasteiger partial charge is 0.417 e. The van der Waals surface area contributed by atoms with Crippen LogP contribution in [0.4, 0.5) is 13.2 Å². The van der Waals surface area contributed by atoms with Gasteiger partial charge >= 0.3 is 12.1 Å². The highest BCUT2D eigenvalue weighted by molar-refractivity contribution is 5.94. The lowest BCUT2D eigenvalue weighted by atomic mass is 9.78. The van der Waals surface area contributed by atoms with Crippen molar-refractivity contribution < 1.29 is 41.8 Å². The number of nitrogens with zero attached hydrogens (tertiary/aromatic N) is 3. The summed E-state index contributed by atoms with van der Waals surface area (Å²) in [6, 6.07) is 7.82. The van der Waals surface area contributed by atoms with E-state index in [-0.39, 0.29) is 49.0 Å². The zero-order chi connectivity index (χ0) is 33.3. The van der Waals surface area contributed by atoms with E-state index in [2.05, 4.69) is 10.3 Å². The van der Waals surface area contributed by atoms with Gasteiger partial charge in [0, 0.05) is 76.4 Å². The second-order valence-corrected chi connectivity index (χ2v) is 12.9. The Labute approximate surface area is 271 Å². The molecule has 2 amide bonds. The SMILES string of the molecule is COC(=O)c1ccc(/C=C/C(=O)N2C[C@@H]3C[C@@H](NC4CCOCC4OC)C[C@]3(C(=O)N3CCc4ncc(C(F)(F)F)cc4C3)C2)cc1. The van der Waals surface area contributed by atoms with E-state index >= 15 is 0 Å². The molecule has 5 atom stereocenters. The molecular weight excluding hydrogens is 617 g/mol. The summed E-state index contributed by atoms with van der Waals surface area (Å²) in [6.45, 7) is 2.08. The molecule has 1 aromatic carbocycles. The van der Waals surface area contributed by atoms with Gasteiger partial charge in [-0.05, 0) is 60.6 Å². The van der Waals surface area contributed by atoms with Crippen molar-refractivity contribution in [2.45, 2.75) is 56.6 Å². The van der Waals surface area contributed by atoms with E-state index in [0.29, 0.717) is 62.4 Å². The summed E-state index contributed by atoms with van der Waals surface area (Å²) >= 11 is 0. The van der Waals surface area contributed by atoms with E-state index in [4.69, 9.17) is 14.2 Å². The number of esters is 1. The van der Waals surface area contributed by atoms with Crippen LogP contribution < -0.4 is 5.32 Å². The first-order valence-corrected chi connectivity index (χ1v) is 15.9. The van der Waals surface area contributed by atoms with Crippen LogP contribution in [0.2, 0.25) is 0 Å². The first-order valence-electron chi connectivity index (χ1n) is 15.9. The maximum Gasteiger partial charge on any atom is 0.417 e. The number of likely N-dealkylation sites (tertiary alicyclic amines) is 1. The molecule has 47 heavy (non-hydrogen) atoms. The lowest BCUT2D eigenvalue weighted by molar-refractivity contribution is -0.144. The van der Waals surface area contributed by atoms with Gasteiger partial charge in [0.05, 0.1) is 36.4 Å². The van der Waals surface area contributed by atoms with Crippen molar-refractivity contribution in [3.05, 3.63) is 70.6 Å². The molecule has 6 rings (SSSR count). The van der Waals surface area contributed by atoms with Gasteiger partial charge in [-0.2, -0.15) is 13.2 Å². The van der Waals surface area contributed by atoms with Gasteiger partial charge in [0.2, 0.25) is 11.8 Å². The number of aromatic nitrogens is 1. The van der Waals surface area contributed by atoms with Gasteiger partial charge in [-0.1, -0.05) is 12.1 Å². The van der Waals surface area contributed by atoms with E-state index in [1.165, 1.54) is 13.2 Å². The molecule has 3 fully saturated rings. The summed E-state index contributed by atoms with van der Waals surface area (Å²) in [7, 11) is 2.96. The molecule has 2 saturated heterocycles. The molecule has 0 spiro atoms. The molecule has 252 valence electrons. The normalized spacial score (nSPS) is 27.5. The molecule has 1 aromatic heterocycles. The third-order valence-electron chi connectivity index (χ3n) is 10.1. The van der Waals surface area contributed by atoms with E-state index in [1.54, 1.807) is 47.3 Å². The van der Waals surface area contributed by atoms with Crippen LogP contribution in [-0.4, -0.2) is 97.8 Å². The average molecular weight is 657 g/mol. The van der Waals surface area contributed by atoms with E-state index in [9.17, 15) is 27.6 Å². The van der Waals surface area contributed by atoms with Crippen molar-refractivity contribution >= 4 is 23.9 Å². The maximum atomic E-state index is 14.5. The van der Waals surface area contributed by atoms with Crippen molar-refractivity contribution in [1.29, 1.82) is 0 Å². The first-order chi connectivity index (χ1) is 22.5. The Morgan fingerprint density at radius 3 is 2.66 bits per heavy atom. The van der Waals surface area contributed by atoms with Crippen LogP contribution in [0.25, 0.3) is 6.08 Å². The van der Waals surface area contributed by atoms with E-state index < -0.39 is 23.1 Å². The standard InChI is InChI=1S/C34H39F3N4O6/c1-45-29-19-47-12-10-28(29)39-26-14-25-18-41(30(42)8-5-21-3-6-22(7-4-21)31(43)46-2)20-33(25,15-26)32(44)40-11-9-27-23(17-40)13-24(16-38-27)34(35,36)37/h3-8,13,16,25-26,28-29,39H,9-12,14-15,17-20H2,1-2H3/b8-5+/t25-,26+,28?,29?,33-/m0/s1. The summed E-state index contributed by atoms with van der Waals surface area (Å²) in [4.78, 5) is 47.2. The van der Waals surface area contributed by atoms with Gasteiger partial charge in [0.15, 0.2) is 0 Å². The largest absolute Gasteiger partial charge is 0.465 e. The van der Waals surface area contributed by atoms with Crippen LogP contribution in [0.1, 0.15) is 52.0 Å². The maximum absolute atomic E-state index is 14.5. The van der Waals surface area contributed by atoms with Gasteiger partial charge in [-0.25, -0.2) is 4.79 Å². The van der Waals surface area contributed by atoms with Crippen molar-refractivity contribution in [1.82, 2.24) is 20.1 Å². The van der Waals surface area contributed by atoms with Crippen LogP contribution in [0.5, 0.6) is 0 Å². The number of carbonyl (C=O) groups excluding carboxylic acids is 3. The monoisotopic (exact) mass is 656 g/mol. The number of rotatable bonds is 7. The molecule has 2 unspecified atom stereocenters. The summed E-state index contributed by atoms with van der Waals surface area (Å²) in [5.74, 6) is -0.958. The van der Waals surface area contributed by atoms with Gasteiger partial charge in [0.25, 0.3) is 0 Å². The number of pyridine rings is 1. The van der Waals surface area contributed by atoms with Gasteiger partial charge < -0.3 is 29.3 Å². The number of nitrogens with one attached hydrogen (secondary N) is 1. The van der Waals surface area contributed by atoms with Gasteiger partial charge in [-0.3, -0.25) is 14.6 Å². The number of hydrogen-bond acceptors (Lipinski definition) is 8. The Balaban J connectivity index is 1.21. The van der Waals surface area contributed by atoms with Crippen molar-refractivity contribution in [3.63, 3.8) is 0 Å². The molecule has 3 aliphatic heterocycles. The number of amides is 2. The highest BCUT2D eigenvalue weighted by Crippen LogP contribution is 2.51. The zero-order valence-corrected chi connectivity index (χ0v) is 26.4. The van der Waals surface area contributed by atoms with Crippen molar-refractivity contribution in [3.8, 4) is 0 Å². The molecule has 10 nitrogen and oxygen atoms in total. The topological polar surface area (TPSA) is 110 Å². The third kappa shape index (κ3) is 6.79. The molecule has 1 aliphatic carbocycles. The number of carbonyl (C=O) groups is 3. The fraction of sp³-hybridized carbons (Fsp3) is 0.529. The van der Waals surface area contributed by atoms with Gasteiger partial charge in [-0.15, -0.1) is 0 Å². The van der Waals surface area contributed by atoms with Crippen molar-refractivity contribution in [2.24, 2.45) is 11.3 Å². The predicted molar refractivity (Wildman–Crippen MR) is 164 cm³/mol. The molecule has 0 radical (unpaired) electrons. The summed E-state index contributed by atoms with van der Waals surface area (Å²) in [5.41, 5.74) is 0.375. The summed E-state index contributed by atoms with van der Waals surface area (Å²) in [5, 5.41) is 3.72. The van der Waals surface area contributed by atoms with Crippen LogP contribution in [0.3, 0.4) is 0 Å². The summed E-state index contributed by atoms with van der Waals surface area (Å²) in [6.07, 6.45) is 1.64. The average Bonchev–Trinajstić information content (AvgIpc) is 3.61. The van der Waals surface area contributed by atoms with Crippen LogP contribution in [-0.2, 0) is 42.9 Å². The number of ether oxygens (including phenoxy) is 3. The molecule has 1 N–H and O–H groups in total. The fourth-order valence-corrected chi connectivity index (χ4v) is 7.63. The van der Waals surface area contributed by atoms with E-state index in [1.807, 2.05) is 0 Å². The molecule has 13 heteroatoms. The number of fused-ring (bicyclic) bond motifs is 2. The molecule has 4 heterocycles. The Bertz CT molecular complexity index is 1530. The highest BCUT2D eigenvalue weighted by Gasteiger charge is 2.59.